The van der Waals surface area contributed by atoms with Crippen molar-refractivity contribution in [1.29, 1.82) is 0 Å². The number of carbonyl (C=O) groups is 2. The first-order chi connectivity index (χ1) is 13.9. The van der Waals surface area contributed by atoms with Gasteiger partial charge in [-0.05, 0) is 50.4 Å². The van der Waals surface area contributed by atoms with E-state index in [-0.39, 0.29) is 17.9 Å². The fourth-order valence-electron chi connectivity index (χ4n) is 2.86. The number of ether oxygens (including phenoxy) is 1. The Labute approximate surface area is 172 Å². The summed E-state index contributed by atoms with van der Waals surface area (Å²) in [5, 5.41) is 5.61. The predicted octanol–water partition coefficient (Wildman–Crippen LogP) is 2.63. The average Bonchev–Trinajstić information content (AvgIpc) is 2.73. The third kappa shape index (κ3) is 7.08. The lowest BCUT2D eigenvalue weighted by Crippen LogP contribution is -2.46. The number of hydrogen-bond acceptors (Lipinski definition) is 4. The molecule has 0 spiro atoms. The molecule has 29 heavy (non-hydrogen) atoms. The largest absolute Gasteiger partial charge is 0.497 e. The Balaban J connectivity index is 1.90. The number of methoxy groups -OCH3 is 1. The number of carbonyl (C=O) groups excluding carboxylic acids is 2. The number of nitrogens with zero attached hydrogens (tertiary/aromatic N) is 1. The predicted molar refractivity (Wildman–Crippen MR) is 116 cm³/mol. The van der Waals surface area contributed by atoms with Crippen LogP contribution in [0.15, 0.2) is 60.7 Å². The Morgan fingerprint density at radius 1 is 1.10 bits per heavy atom. The molecular weight excluding hydrogens is 366 g/mol. The highest BCUT2D eigenvalue weighted by molar-refractivity contribution is 5.95. The molecule has 0 aromatic heterocycles. The summed E-state index contributed by atoms with van der Waals surface area (Å²) in [5.74, 6) is 0.223. The van der Waals surface area contributed by atoms with Gasteiger partial charge in [0.25, 0.3) is 0 Å². The molecule has 2 N–H and O–H groups in total. The van der Waals surface area contributed by atoms with Gasteiger partial charge in [-0.3, -0.25) is 9.59 Å². The van der Waals surface area contributed by atoms with E-state index in [0.717, 1.165) is 16.9 Å². The van der Waals surface area contributed by atoms with Crippen LogP contribution in [0.2, 0.25) is 0 Å². The fourth-order valence-corrected chi connectivity index (χ4v) is 2.86. The molecule has 6 heteroatoms. The summed E-state index contributed by atoms with van der Waals surface area (Å²) in [6, 6.07) is 16.6. The Bertz CT molecular complexity index is 834. The molecule has 0 aliphatic carbocycles. The van der Waals surface area contributed by atoms with Crippen LogP contribution in [-0.4, -0.2) is 50.5 Å². The molecule has 0 aliphatic rings. The van der Waals surface area contributed by atoms with Gasteiger partial charge in [0.1, 0.15) is 11.8 Å². The van der Waals surface area contributed by atoms with Crippen LogP contribution >= 0.6 is 0 Å². The second kappa shape index (κ2) is 11.0. The maximum Gasteiger partial charge on any atom is 0.244 e. The summed E-state index contributed by atoms with van der Waals surface area (Å²) < 4.78 is 5.29. The molecule has 0 saturated heterocycles. The Hall–Kier alpha value is -3.12. The molecule has 0 bridgehead atoms. The number of hydrogen-bond donors (Lipinski definition) is 2. The smallest absolute Gasteiger partial charge is 0.244 e. The highest BCUT2D eigenvalue weighted by Gasteiger charge is 2.19. The molecule has 0 saturated carbocycles. The molecule has 154 valence electrons. The molecule has 0 heterocycles. The van der Waals surface area contributed by atoms with E-state index in [1.807, 2.05) is 73.6 Å². The highest BCUT2D eigenvalue weighted by atomic mass is 16.5. The van der Waals surface area contributed by atoms with Gasteiger partial charge in [-0.25, -0.2) is 0 Å². The normalized spacial score (nSPS) is 13.1. The van der Waals surface area contributed by atoms with E-state index in [2.05, 4.69) is 10.6 Å². The lowest BCUT2D eigenvalue weighted by Gasteiger charge is -2.26. The zero-order valence-electron chi connectivity index (χ0n) is 17.4. The van der Waals surface area contributed by atoms with Crippen LogP contribution in [0.4, 0.5) is 0 Å². The van der Waals surface area contributed by atoms with Gasteiger partial charge in [-0.15, -0.1) is 0 Å². The third-order valence-corrected chi connectivity index (χ3v) is 4.55. The second-order valence-corrected chi connectivity index (χ2v) is 6.98. The first-order valence-electron chi connectivity index (χ1n) is 9.52. The quantitative estimate of drug-likeness (QED) is 0.641. The van der Waals surface area contributed by atoms with Crippen molar-refractivity contribution in [2.24, 2.45) is 0 Å². The Morgan fingerprint density at radius 2 is 1.83 bits per heavy atom. The molecule has 2 aromatic rings. The highest BCUT2D eigenvalue weighted by Crippen LogP contribution is 2.22. The zero-order valence-corrected chi connectivity index (χ0v) is 17.4. The summed E-state index contributed by atoms with van der Waals surface area (Å²) in [7, 11) is 5.54. The van der Waals surface area contributed by atoms with E-state index in [1.54, 1.807) is 20.1 Å². The van der Waals surface area contributed by atoms with E-state index < -0.39 is 6.04 Å². The number of amides is 2. The van der Waals surface area contributed by atoms with Crippen LogP contribution in [0.1, 0.15) is 24.1 Å². The van der Waals surface area contributed by atoms with Gasteiger partial charge in [0.05, 0.1) is 13.2 Å². The first kappa shape index (κ1) is 22.2. The van der Waals surface area contributed by atoms with Crippen LogP contribution in [0.25, 0.3) is 6.08 Å². The lowest BCUT2D eigenvalue weighted by molar-refractivity contribution is -0.126. The standard InChI is InChI=1S/C23H29N3O3/c1-17(25-22(27)14-13-18-9-6-5-7-10-18)23(28)24-16-21(26(2)3)19-11-8-12-20(15-19)29-4/h5-15,17,21H,16H2,1-4H3,(H,24,28)(H,25,27)/b14-13+/t17-,21+/m1/s1. The third-order valence-electron chi connectivity index (χ3n) is 4.55. The summed E-state index contributed by atoms with van der Waals surface area (Å²) in [4.78, 5) is 26.5. The fraction of sp³-hybridized carbons (Fsp3) is 0.304. The topological polar surface area (TPSA) is 70.7 Å². The molecule has 2 aromatic carbocycles. The Morgan fingerprint density at radius 3 is 2.48 bits per heavy atom. The van der Waals surface area contributed by atoms with Crippen molar-refractivity contribution >= 4 is 17.9 Å². The number of rotatable bonds is 9. The van der Waals surface area contributed by atoms with Gasteiger partial charge in [0, 0.05) is 12.6 Å². The van der Waals surface area contributed by atoms with Crippen molar-refractivity contribution in [3.05, 3.63) is 71.8 Å². The lowest BCUT2D eigenvalue weighted by atomic mass is 10.1. The zero-order chi connectivity index (χ0) is 21.2. The second-order valence-electron chi connectivity index (χ2n) is 6.98. The molecule has 6 nitrogen and oxygen atoms in total. The van der Waals surface area contributed by atoms with Crippen LogP contribution in [-0.2, 0) is 9.59 Å². The molecule has 2 amide bonds. The number of benzene rings is 2. The van der Waals surface area contributed by atoms with Crippen molar-refractivity contribution in [2.45, 2.75) is 19.0 Å². The number of likely N-dealkylation sites (N-methyl/N-ethyl adjacent to an activating group) is 1. The first-order valence-corrected chi connectivity index (χ1v) is 9.52. The van der Waals surface area contributed by atoms with Crippen LogP contribution < -0.4 is 15.4 Å². The van der Waals surface area contributed by atoms with Crippen molar-refractivity contribution in [1.82, 2.24) is 15.5 Å². The van der Waals surface area contributed by atoms with Gasteiger partial charge in [0.15, 0.2) is 0 Å². The maximum atomic E-state index is 12.4. The van der Waals surface area contributed by atoms with E-state index in [0.29, 0.717) is 6.54 Å². The van der Waals surface area contributed by atoms with Crippen LogP contribution in [0, 0.1) is 0 Å². The SMILES string of the molecule is COc1cccc([C@H](CNC(=O)[C@@H](C)NC(=O)/C=C/c2ccccc2)N(C)C)c1. The molecule has 0 fully saturated rings. The van der Waals surface area contributed by atoms with E-state index in [9.17, 15) is 9.59 Å². The van der Waals surface area contributed by atoms with Crippen molar-refractivity contribution in [3.8, 4) is 5.75 Å². The van der Waals surface area contributed by atoms with Gasteiger partial charge in [0.2, 0.25) is 11.8 Å². The summed E-state index contributed by atoms with van der Waals surface area (Å²) in [6.07, 6.45) is 3.14. The van der Waals surface area contributed by atoms with E-state index >= 15 is 0 Å². The average molecular weight is 396 g/mol. The minimum atomic E-state index is -0.643. The Kier molecular flexibility index (Phi) is 8.43. The molecule has 0 unspecified atom stereocenters. The molecule has 0 radical (unpaired) electrons. The molecule has 2 atom stereocenters. The maximum absolute atomic E-state index is 12.4. The van der Waals surface area contributed by atoms with Gasteiger partial charge in [-0.1, -0.05) is 42.5 Å². The monoisotopic (exact) mass is 395 g/mol. The number of nitrogens with one attached hydrogen (secondary N) is 2. The van der Waals surface area contributed by atoms with Crippen molar-refractivity contribution in [3.63, 3.8) is 0 Å². The summed E-state index contributed by atoms with van der Waals surface area (Å²) in [6.45, 7) is 2.08. The minimum absolute atomic E-state index is 0.0186. The van der Waals surface area contributed by atoms with Crippen LogP contribution in [0.5, 0.6) is 5.75 Å². The van der Waals surface area contributed by atoms with E-state index in [4.69, 9.17) is 4.74 Å². The summed E-state index contributed by atoms with van der Waals surface area (Å²) in [5.41, 5.74) is 1.96. The van der Waals surface area contributed by atoms with E-state index in [1.165, 1.54) is 6.08 Å². The van der Waals surface area contributed by atoms with Gasteiger partial charge in [-0.2, -0.15) is 0 Å². The molecule has 2 rings (SSSR count). The summed E-state index contributed by atoms with van der Waals surface area (Å²) >= 11 is 0. The molecule has 0 aliphatic heterocycles. The van der Waals surface area contributed by atoms with Gasteiger partial charge >= 0.3 is 0 Å². The van der Waals surface area contributed by atoms with Gasteiger partial charge < -0.3 is 20.3 Å². The van der Waals surface area contributed by atoms with Crippen LogP contribution in [0.3, 0.4) is 0 Å². The van der Waals surface area contributed by atoms with Crippen molar-refractivity contribution in [2.75, 3.05) is 27.7 Å². The molecular formula is C23H29N3O3. The van der Waals surface area contributed by atoms with Crippen molar-refractivity contribution < 1.29 is 14.3 Å². The minimum Gasteiger partial charge on any atom is -0.497 e.